The van der Waals surface area contributed by atoms with Crippen molar-refractivity contribution in [3.63, 3.8) is 0 Å². The summed E-state index contributed by atoms with van der Waals surface area (Å²) < 4.78 is 0. The lowest BCUT2D eigenvalue weighted by molar-refractivity contribution is 0.973. The third-order valence-corrected chi connectivity index (χ3v) is 9.97. The Bertz CT molecular complexity index is 905. The molecule has 0 aromatic heterocycles. The molecular formula is C27H27NP+. The summed E-state index contributed by atoms with van der Waals surface area (Å²) in [5, 5.41) is 4.33. The molecule has 144 valence electrons. The van der Waals surface area contributed by atoms with Crippen LogP contribution in [-0.4, -0.2) is 19.8 Å². The maximum absolute atomic E-state index is 2.38. The van der Waals surface area contributed by atoms with Crippen molar-refractivity contribution < 1.29 is 0 Å². The van der Waals surface area contributed by atoms with Gasteiger partial charge in [-0.15, -0.1) is 0 Å². The Morgan fingerprint density at radius 1 is 0.517 bits per heavy atom. The first-order valence-electron chi connectivity index (χ1n) is 10.1. The minimum absolute atomic E-state index is 0.997. The van der Waals surface area contributed by atoms with Crippen LogP contribution >= 0.6 is 7.26 Å². The number of hydrogen-bond donors (Lipinski definition) is 0. The van der Waals surface area contributed by atoms with Gasteiger partial charge in [0.15, 0.2) is 0 Å². The standard InChI is InChI=1S/C27H27NP/c1-28(24-14-6-2-7-15-24)22-23-29(25-16-8-3-9-17-25,26-18-10-4-11-19-26)27-20-12-5-13-21-27/h2-21H,22-23H2,1H3/q+1. The lowest BCUT2D eigenvalue weighted by Gasteiger charge is -2.30. The van der Waals surface area contributed by atoms with E-state index in [1.165, 1.54) is 21.6 Å². The number of hydrogen-bond acceptors (Lipinski definition) is 1. The molecule has 0 amide bonds. The van der Waals surface area contributed by atoms with Gasteiger partial charge in [-0.3, -0.25) is 0 Å². The monoisotopic (exact) mass is 396 g/mol. The van der Waals surface area contributed by atoms with Gasteiger partial charge in [0.2, 0.25) is 0 Å². The fourth-order valence-corrected chi connectivity index (χ4v) is 8.31. The van der Waals surface area contributed by atoms with E-state index in [4.69, 9.17) is 0 Å². The third kappa shape index (κ3) is 4.11. The van der Waals surface area contributed by atoms with Crippen molar-refractivity contribution in [2.24, 2.45) is 0 Å². The molecule has 29 heavy (non-hydrogen) atoms. The fourth-order valence-electron chi connectivity index (χ4n) is 3.99. The molecule has 0 radical (unpaired) electrons. The molecule has 0 saturated carbocycles. The van der Waals surface area contributed by atoms with Crippen molar-refractivity contribution in [3.05, 3.63) is 121 Å². The molecule has 4 aromatic rings. The summed E-state index contributed by atoms with van der Waals surface area (Å²) in [5.74, 6) is 0. The van der Waals surface area contributed by atoms with Crippen LogP contribution in [0, 0.1) is 0 Å². The van der Waals surface area contributed by atoms with Gasteiger partial charge < -0.3 is 4.90 Å². The van der Waals surface area contributed by atoms with E-state index in [-0.39, 0.29) is 0 Å². The highest BCUT2D eigenvalue weighted by molar-refractivity contribution is 7.95. The Hall–Kier alpha value is -2.89. The summed E-state index contributed by atoms with van der Waals surface area (Å²) in [6.45, 7) is 0.997. The van der Waals surface area contributed by atoms with E-state index in [0.717, 1.165) is 12.7 Å². The van der Waals surface area contributed by atoms with Crippen molar-refractivity contribution in [1.82, 2.24) is 0 Å². The van der Waals surface area contributed by atoms with Crippen LogP contribution < -0.4 is 20.8 Å². The molecule has 0 aliphatic rings. The molecule has 0 unspecified atom stereocenters. The number of rotatable bonds is 7. The predicted octanol–water partition coefficient (Wildman–Crippen LogP) is 5.12. The normalized spacial score (nSPS) is 11.2. The summed E-state index contributed by atoms with van der Waals surface area (Å²) in [4.78, 5) is 2.38. The minimum Gasteiger partial charge on any atom is -0.371 e. The summed E-state index contributed by atoms with van der Waals surface area (Å²) in [5.41, 5.74) is 1.26. The first-order chi connectivity index (χ1) is 14.3. The van der Waals surface area contributed by atoms with Crippen molar-refractivity contribution in [2.75, 3.05) is 24.7 Å². The zero-order valence-corrected chi connectivity index (χ0v) is 17.8. The molecule has 0 bridgehead atoms. The summed E-state index contributed by atoms with van der Waals surface area (Å²) in [6.07, 6.45) is 1.09. The second kappa shape index (κ2) is 9.07. The molecule has 0 heterocycles. The van der Waals surface area contributed by atoms with E-state index < -0.39 is 7.26 Å². The molecule has 0 atom stereocenters. The highest BCUT2D eigenvalue weighted by Gasteiger charge is 2.44. The van der Waals surface area contributed by atoms with Crippen LogP contribution in [0.4, 0.5) is 5.69 Å². The Morgan fingerprint density at radius 2 is 0.862 bits per heavy atom. The maximum atomic E-state index is 2.38. The maximum Gasteiger partial charge on any atom is 0.113 e. The summed E-state index contributed by atoms with van der Waals surface area (Å²) in [6, 6.07) is 44.0. The van der Waals surface area contributed by atoms with Crippen LogP contribution in [-0.2, 0) is 0 Å². The first-order valence-corrected chi connectivity index (χ1v) is 12.1. The van der Waals surface area contributed by atoms with Crippen molar-refractivity contribution in [1.29, 1.82) is 0 Å². The molecule has 4 aromatic carbocycles. The molecule has 4 rings (SSSR count). The van der Waals surface area contributed by atoms with E-state index in [9.17, 15) is 0 Å². The molecule has 0 aliphatic heterocycles. The van der Waals surface area contributed by atoms with Gasteiger partial charge in [-0.05, 0) is 48.5 Å². The molecule has 2 heteroatoms. The largest absolute Gasteiger partial charge is 0.371 e. The van der Waals surface area contributed by atoms with E-state index in [0.29, 0.717) is 0 Å². The fraction of sp³-hybridized carbons (Fsp3) is 0.111. The predicted molar refractivity (Wildman–Crippen MR) is 130 cm³/mol. The first kappa shape index (κ1) is 19.4. The van der Waals surface area contributed by atoms with Gasteiger partial charge in [-0.25, -0.2) is 0 Å². The van der Waals surface area contributed by atoms with E-state index >= 15 is 0 Å². The van der Waals surface area contributed by atoms with E-state index in [1.54, 1.807) is 0 Å². The average Bonchev–Trinajstić information content (AvgIpc) is 2.82. The van der Waals surface area contributed by atoms with Crippen molar-refractivity contribution >= 4 is 28.9 Å². The Kier molecular flexibility index (Phi) is 6.08. The van der Waals surface area contributed by atoms with Gasteiger partial charge in [-0.1, -0.05) is 72.8 Å². The Balaban J connectivity index is 1.82. The Labute approximate surface area is 175 Å². The second-order valence-corrected chi connectivity index (χ2v) is 10.9. The van der Waals surface area contributed by atoms with Gasteiger partial charge >= 0.3 is 0 Å². The number of anilines is 1. The average molecular weight is 396 g/mol. The number of nitrogens with zero attached hydrogens (tertiary/aromatic N) is 1. The molecule has 1 nitrogen and oxygen atoms in total. The number of benzene rings is 4. The van der Waals surface area contributed by atoms with Gasteiger partial charge in [0.25, 0.3) is 0 Å². The molecule has 0 saturated heterocycles. The van der Waals surface area contributed by atoms with Crippen LogP contribution in [0.1, 0.15) is 0 Å². The third-order valence-electron chi connectivity index (χ3n) is 5.56. The SMILES string of the molecule is CN(CC[P+](c1ccccc1)(c1ccccc1)c1ccccc1)c1ccccc1. The van der Waals surface area contributed by atoms with E-state index in [1.807, 2.05) is 0 Å². The van der Waals surface area contributed by atoms with Crippen LogP contribution in [0.15, 0.2) is 121 Å². The van der Waals surface area contributed by atoms with Gasteiger partial charge in [0.1, 0.15) is 23.2 Å². The minimum atomic E-state index is -1.77. The Morgan fingerprint density at radius 3 is 1.24 bits per heavy atom. The zero-order chi connectivity index (χ0) is 19.9. The van der Waals surface area contributed by atoms with Crippen molar-refractivity contribution in [3.8, 4) is 0 Å². The van der Waals surface area contributed by atoms with Crippen molar-refractivity contribution in [2.45, 2.75) is 0 Å². The van der Waals surface area contributed by atoms with Gasteiger partial charge in [0, 0.05) is 12.7 Å². The smallest absolute Gasteiger partial charge is 0.113 e. The molecule has 0 aliphatic carbocycles. The second-order valence-electron chi connectivity index (χ2n) is 7.30. The van der Waals surface area contributed by atoms with Gasteiger partial charge in [-0.2, -0.15) is 0 Å². The molecular weight excluding hydrogens is 369 g/mol. The topological polar surface area (TPSA) is 3.24 Å². The molecule has 0 N–H and O–H groups in total. The lowest BCUT2D eigenvalue weighted by atomic mass is 10.3. The zero-order valence-electron chi connectivity index (χ0n) is 16.9. The molecule has 0 fully saturated rings. The highest BCUT2D eigenvalue weighted by atomic mass is 31.2. The van der Waals surface area contributed by atoms with Crippen LogP contribution in [0.25, 0.3) is 0 Å². The highest BCUT2D eigenvalue weighted by Crippen LogP contribution is 2.55. The van der Waals surface area contributed by atoms with Crippen LogP contribution in [0.3, 0.4) is 0 Å². The van der Waals surface area contributed by atoms with Crippen LogP contribution in [0.5, 0.6) is 0 Å². The lowest BCUT2D eigenvalue weighted by Crippen LogP contribution is -2.37. The number of para-hydroxylation sites is 1. The quantitative estimate of drug-likeness (QED) is 0.392. The summed E-state index contributed by atoms with van der Waals surface area (Å²) in [7, 11) is 0.430. The van der Waals surface area contributed by atoms with Gasteiger partial charge in [0.05, 0.1) is 12.7 Å². The van der Waals surface area contributed by atoms with E-state index in [2.05, 4.69) is 133 Å². The van der Waals surface area contributed by atoms with Crippen LogP contribution in [0.2, 0.25) is 0 Å². The molecule has 0 spiro atoms. The summed E-state index contributed by atoms with van der Waals surface area (Å²) >= 11 is 0.